The molecule has 0 saturated heterocycles. The summed E-state index contributed by atoms with van der Waals surface area (Å²) < 4.78 is 35.6. The number of benzene rings is 1. The van der Waals surface area contributed by atoms with E-state index in [2.05, 4.69) is 12.2 Å². The summed E-state index contributed by atoms with van der Waals surface area (Å²) in [4.78, 5) is 12.4. The molecule has 142 valence electrons. The molecule has 2 aromatic rings. The number of nitrogens with zero attached hydrogens (tertiary/aromatic N) is 1. The van der Waals surface area contributed by atoms with E-state index in [0.717, 1.165) is 23.7 Å². The number of para-hydroxylation sites is 1. The molecule has 0 atom stereocenters. The predicted molar refractivity (Wildman–Crippen MR) is 98.5 cm³/mol. The van der Waals surface area contributed by atoms with E-state index in [0.29, 0.717) is 11.3 Å². The van der Waals surface area contributed by atoms with Gasteiger partial charge in [0.25, 0.3) is 10.0 Å². The van der Waals surface area contributed by atoms with E-state index >= 15 is 0 Å². The summed E-state index contributed by atoms with van der Waals surface area (Å²) >= 11 is 0. The molecule has 0 bridgehead atoms. The van der Waals surface area contributed by atoms with Gasteiger partial charge in [0.05, 0.1) is 5.56 Å². The summed E-state index contributed by atoms with van der Waals surface area (Å²) in [6.45, 7) is 2.71. The highest BCUT2D eigenvalue weighted by Gasteiger charge is 2.22. The number of anilines is 1. The molecule has 1 aromatic carbocycles. The van der Waals surface area contributed by atoms with E-state index in [4.69, 9.17) is 9.15 Å². The minimum absolute atomic E-state index is 0.148. The first kappa shape index (κ1) is 20.0. The highest BCUT2D eigenvalue weighted by molar-refractivity contribution is 7.88. The molecule has 0 aliphatic heterocycles. The second-order valence-corrected chi connectivity index (χ2v) is 7.99. The fourth-order valence-corrected chi connectivity index (χ4v) is 3.00. The zero-order chi connectivity index (χ0) is 19.2. The number of unbranched alkanes of at least 4 members (excludes halogenated alkanes) is 1. The Morgan fingerprint density at radius 1 is 1.19 bits per heavy atom. The number of nitrogens with one attached hydrogen (secondary N) is 1. The van der Waals surface area contributed by atoms with Gasteiger partial charge in [-0.05, 0) is 30.7 Å². The third-order valence-corrected chi connectivity index (χ3v) is 5.40. The Morgan fingerprint density at radius 3 is 2.62 bits per heavy atom. The third kappa shape index (κ3) is 4.86. The van der Waals surface area contributed by atoms with Crippen molar-refractivity contribution in [2.45, 2.75) is 31.5 Å². The molecule has 0 aliphatic carbocycles. The van der Waals surface area contributed by atoms with E-state index in [-0.39, 0.29) is 17.5 Å². The van der Waals surface area contributed by atoms with Crippen LogP contribution in [0.1, 0.15) is 35.9 Å². The van der Waals surface area contributed by atoms with Crippen LogP contribution in [0.25, 0.3) is 0 Å². The Labute approximate surface area is 154 Å². The van der Waals surface area contributed by atoms with Crippen LogP contribution in [-0.2, 0) is 21.4 Å². The van der Waals surface area contributed by atoms with Crippen molar-refractivity contribution in [2.24, 2.45) is 0 Å². The molecule has 0 radical (unpaired) electrons. The fraction of sp³-hybridized carbons (Fsp3) is 0.389. The molecule has 0 aliphatic rings. The molecule has 26 heavy (non-hydrogen) atoms. The zero-order valence-corrected chi connectivity index (χ0v) is 16.0. The Kier molecular flexibility index (Phi) is 6.82. The average molecular weight is 380 g/mol. The van der Waals surface area contributed by atoms with Crippen molar-refractivity contribution in [3.63, 3.8) is 0 Å². The molecule has 1 heterocycles. The number of hydrogen-bond donors (Lipinski definition) is 1. The van der Waals surface area contributed by atoms with Crippen LogP contribution in [0, 0.1) is 0 Å². The molecule has 7 nitrogen and oxygen atoms in total. The van der Waals surface area contributed by atoms with Crippen molar-refractivity contribution in [1.29, 1.82) is 0 Å². The van der Waals surface area contributed by atoms with Gasteiger partial charge in [-0.15, -0.1) is 0 Å². The van der Waals surface area contributed by atoms with Gasteiger partial charge in [-0.25, -0.2) is 17.5 Å². The highest BCUT2D eigenvalue weighted by Crippen LogP contribution is 2.20. The van der Waals surface area contributed by atoms with Gasteiger partial charge in [0.1, 0.15) is 12.4 Å². The quantitative estimate of drug-likeness (QED) is 0.531. The lowest BCUT2D eigenvalue weighted by Crippen LogP contribution is -2.21. The molecule has 0 saturated carbocycles. The summed E-state index contributed by atoms with van der Waals surface area (Å²) in [5, 5.41) is 3.04. The van der Waals surface area contributed by atoms with Crippen LogP contribution in [0.4, 0.5) is 5.69 Å². The smallest absolute Gasteiger partial charge is 0.340 e. The van der Waals surface area contributed by atoms with Gasteiger partial charge in [0, 0.05) is 26.3 Å². The van der Waals surface area contributed by atoms with Crippen molar-refractivity contribution < 1.29 is 22.4 Å². The first-order valence-electron chi connectivity index (χ1n) is 8.37. The van der Waals surface area contributed by atoms with Crippen LogP contribution >= 0.6 is 0 Å². The highest BCUT2D eigenvalue weighted by atomic mass is 32.2. The van der Waals surface area contributed by atoms with Gasteiger partial charge in [-0.2, -0.15) is 0 Å². The van der Waals surface area contributed by atoms with Crippen molar-refractivity contribution >= 4 is 21.7 Å². The summed E-state index contributed by atoms with van der Waals surface area (Å²) in [5.41, 5.74) is 1.14. The minimum Gasteiger partial charge on any atom is -0.454 e. The fourth-order valence-electron chi connectivity index (χ4n) is 2.18. The van der Waals surface area contributed by atoms with Crippen LogP contribution in [0.15, 0.2) is 45.9 Å². The number of rotatable bonds is 9. The molecular weight excluding hydrogens is 356 g/mol. The summed E-state index contributed by atoms with van der Waals surface area (Å²) in [7, 11) is -0.817. The number of sulfonamides is 1. The second kappa shape index (κ2) is 8.86. The molecule has 2 rings (SSSR count). The zero-order valence-electron chi connectivity index (χ0n) is 15.2. The number of carbonyl (C=O) groups excluding carboxylic acids is 1. The standard InChI is InChI=1S/C18H24N2O5S/c1-4-5-12-19-16-9-7-6-8-15(16)18(21)24-13-14-10-11-17(25-14)26(22,23)20(2)3/h6-11,19H,4-5,12-13H2,1-3H3. The van der Waals surface area contributed by atoms with Gasteiger partial charge in [-0.3, -0.25) is 0 Å². The SMILES string of the molecule is CCCCNc1ccccc1C(=O)OCc1ccc(S(=O)(=O)N(C)C)o1. The van der Waals surface area contributed by atoms with Gasteiger partial charge in [-0.1, -0.05) is 25.5 Å². The van der Waals surface area contributed by atoms with Crippen molar-refractivity contribution in [3.05, 3.63) is 47.7 Å². The van der Waals surface area contributed by atoms with Gasteiger partial charge in [0.2, 0.25) is 5.09 Å². The first-order valence-corrected chi connectivity index (χ1v) is 9.81. The predicted octanol–water partition coefficient (Wildman–Crippen LogP) is 3.10. The van der Waals surface area contributed by atoms with Crippen LogP contribution in [0.3, 0.4) is 0 Å². The van der Waals surface area contributed by atoms with Crippen LogP contribution < -0.4 is 5.32 Å². The molecule has 1 N–H and O–H groups in total. The Bertz CT molecular complexity index is 843. The van der Waals surface area contributed by atoms with Gasteiger partial charge < -0.3 is 14.5 Å². The first-order chi connectivity index (χ1) is 12.4. The Balaban J connectivity index is 2.03. The average Bonchev–Trinajstić information content (AvgIpc) is 3.10. The van der Waals surface area contributed by atoms with E-state index in [1.165, 1.54) is 26.2 Å². The normalized spacial score (nSPS) is 11.5. The van der Waals surface area contributed by atoms with Crippen LogP contribution in [-0.4, -0.2) is 39.3 Å². The molecule has 1 aromatic heterocycles. The maximum Gasteiger partial charge on any atom is 0.340 e. The maximum atomic E-state index is 12.4. The number of carbonyl (C=O) groups is 1. The lowest BCUT2D eigenvalue weighted by molar-refractivity contribution is 0.0442. The van der Waals surface area contributed by atoms with E-state index < -0.39 is 16.0 Å². The molecule has 8 heteroatoms. The molecule has 0 spiro atoms. The van der Waals surface area contributed by atoms with Gasteiger partial charge >= 0.3 is 5.97 Å². The third-order valence-electron chi connectivity index (χ3n) is 3.71. The second-order valence-electron chi connectivity index (χ2n) is 5.91. The van der Waals surface area contributed by atoms with Crippen molar-refractivity contribution in [3.8, 4) is 0 Å². The van der Waals surface area contributed by atoms with Crippen molar-refractivity contribution in [2.75, 3.05) is 26.0 Å². The topological polar surface area (TPSA) is 88.8 Å². The number of hydrogen-bond acceptors (Lipinski definition) is 6. The van der Waals surface area contributed by atoms with Crippen LogP contribution in [0.2, 0.25) is 0 Å². The summed E-state index contributed by atoms with van der Waals surface area (Å²) in [6.07, 6.45) is 2.05. The number of ether oxygens (including phenoxy) is 1. The van der Waals surface area contributed by atoms with Crippen LogP contribution in [0.5, 0.6) is 0 Å². The molecule has 0 amide bonds. The molecule has 0 fully saturated rings. The van der Waals surface area contributed by atoms with E-state index in [1.54, 1.807) is 12.1 Å². The monoisotopic (exact) mass is 380 g/mol. The lowest BCUT2D eigenvalue weighted by Gasteiger charge is -2.11. The van der Waals surface area contributed by atoms with E-state index in [1.807, 2.05) is 12.1 Å². The molecular formula is C18H24N2O5S. The minimum atomic E-state index is -3.65. The van der Waals surface area contributed by atoms with Gasteiger partial charge in [0.15, 0.2) is 0 Å². The maximum absolute atomic E-state index is 12.4. The molecule has 0 unspecified atom stereocenters. The summed E-state index contributed by atoms with van der Waals surface area (Å²) in [6, 6.07) is 9.93. The number of furan rings is 1. The summed E-state index contributed by atoms with van der Waals surface area (Å²) in [5.74, 6) is -0.242. The Morgan fingerprint density at radius 2 is 1.92 bits per heavy atom. The van der Waals surface area contributed by atoms with E-state index in [9.17, 15) is 13.2 Å². The van der Waals surface area contributed by atoms with Crippen molar-refractivity contribution in [1.82, 2.24) is 4.31 Å². The lowest BCUT2D eigenvalue weighted by atomic mass is 10.1. The number of esters is 1. The largest absolute Gasteiger partial charge is 0.454 e. The Hall–Kier alpha value is -2.32.